The molecule has 3 nitrogen and oxygen atoms in total. The van der Waals surface area contributed by atoms with E-state index in [4.69, 9.17) is 5.26 Å². The molecule has 0 radical (unpaired) electrons. The van der Waals surface area contributed by atoms with Crippen LogP contribution in [0.5, 0.6) is 0 Å². The van der Waals surface area contributed by atoms with Crippen molar-refractivity contribution in [1.29, 1.82) is 5.26 Å². The van der Waals surface area contributed by atoms with Crippen LogP contribution in [-0.2, 0) is 9.84 Å². The second-order valence-electron chi connectivity index (χ2n) is 4.92. The van der Waals surface area contributed by atoms with E-state index in [0.29, 0.717) is 17.7 Å². The molecular formula is C14H17NO2S. The van der Waals surface area contributed by atoms with Gasteiger partial charge in [-0.25, -0.2) is 8.42 Å². The predicted molar refractivity (Wildman–Crippen MR) is 69.7 cm³/mol. The third-order valence-corrected chi connectivity index (χ3v) is 5.86. The van der Waals surface area contributed by atoms with Gasteiger partial charge in [0, 0.05) is 0 Å². The minimum atomic E-state index is -3.37. The molecule has 0 N–H and O–H groups in total. The summed E-state index contributed by atoms with van der Waals surface area (Å²) >= 11 is 0. The van der Waals surface area contributed by atoms with E-state index in [9.17, 15) is 8.42 Å². The van der Waals surface area contributed by atoms with Crippen molar-refractivity contribution in [3.63, 3.8) is 0 Å². The van der Waals surface area contributed by atoms with E-state index in [-0.39, 0.29) is 5.92 Å². The van der Waals surface area contributed by atoms with Crippen molar-refractivity contribution < 1.29 is 8.42 Å². The number of rotatable bonds is 2. The van der Waals surface area contributed by atoms with Gasteiger partial charge >= 0.3 is 0 Å². The maximum Gasteiger partial charge on any atom is 0.182 e. The van der Waals surface area contributed by atoms with Gasteiger partial charge in [-0.15, -0.1) is 0 Å². The Hall–Kier alpha value is -1.34. The fourth-order valence-corrected chi connectivity index (χ4v) is 4.66. The number of hydrogen-bond donors (Lipinski definition) is 0. The van der Waals surface area contributed by atoms with Crippen molar-refractivity contribution in [2.24, 2.45) is 5.92 Å². The molecule has 0 saturated heterocycles. The van der Waals surface area contributed by atoms with E-state index in [1.54, 1.807) is 18.2 Å². The first-order valence-corrected chi connectivity index (χ1v) is 7.80. The molecule has 1 aliphatic rings. The second-order valence-corrected chi connectivity index (χ2v) is 7.09. The topological polar surface area (TPSA) is 57.9 Å². The van der Waals surface area contributed by atoms with Crippen LogP contribution in [0.1, 0.15) is 31.2 Å². The molecule has 0 spiro atoms. The zero-order valence-corrected chi connectivity index (χ0v) is 11.3. The van der Waals surface area contributed by atoms with Gasteiger partial charge in [-0.1, -0.05) is 25.0 Å². The number of nitriles is 1. The highest BCUT2D eigenvalue weighted by Gasteiger charge is 2.36. The molecule has 0 aliphatic heterocycles. The van der Waals surface area contributed by atoms with Crippen molar-refractivity contribution in [3.05, 3.63) is 29.8 Å². The molecule has 1 aromatic carbocycles. The highest BCUT2D eigenvalue weighted by Crippen LogP contribution is 2.32. The molecule has 18 heavy (non-hydrogen) atoms. The molecule has 2 unspecified atom stereocenters. The Bertz CT molecular complexity index is 572. The van der Waals surface area contributed by atoms with Crippen molar-refractivity contribution in [2.75, 3.05) is 0 Å². The highest BCUT2D eigenvalue weighted by molar-refractivity contribution is 7.92. The third kappa shape index (κ3) is 2.41. The van der Waals surface area contributed by atoms with E-state index in [1.165, 1.54) is 0 Å². The van der Waals surface area contributed by atoms with E-state index in [1.807, 2.05) is 13.0 Å². The van der Waals surface area contributed by atoms with Crippen LogP contribution in [0.2, 0.25) is 0 Å². The maximum absolute atomic E-state index is 12.6. The van der Waals surface area contributed by atoms with Gasteiger partial charge in [-0.3, -0.25) is 0 Å². The minimum Gasteiger partial charge on any atom is -0.223 e. The summed E-state index contributed by atoms with van der Waals surface area (Å²) in [4.78, 5) is 0.356. The summed E-state index contributed by atoms with van der Waals surface area (Å²) in [5.74, 6) is -0.357. The monoisotopic (exact) mass is 263 g/mol. The Labute approximate surface area is 108 Å². The molecular weight excluding hydrogens is 246 g/mol. The largest absolute Gasteiger partial charge is 0.223 e. The number of hydrogen-bond acceptors (Lipinski definition) is 3. The Balaban J connectivity index is 2.39. The lowest BCUT2D eigenvalue weighted by Gasteiger charge is -2.26. The first kappa shape index (κ1) is 13.1. The number of aryl methyl sites for hydroxylation is 1. The van der Waals surface area contributed by atoms with Gasteiger partial charge in [-0.2, -0.15) is 5.26 Å². The minimum absolute atomic E-state index is 0.356. The molecule has 0 amide bonds. The molecule has 1 aromatic rings. The Kier molecular flexibility index (Phi) is 3.72. The zero-order valence-electron chi connectivity index (χ0n) is 10.5. The number of nitrogens with zero attached hydrogens (tertiary/aromatic N) is 1. The third-order valence-electron chi connectivity index (χ3n) is 3.59. The Morgan fingerprint density at radius 2 is 2.00 bits per heavy atom. The van der Waals surface area contributed by atoms with Gasteiger partial charge in [0.2, 0.25) is 0 Å². The molecule has 1 saturated carbocycles. The van der Waals surface area contributed by atoms with Crippen LogP contribution < -0.4 is 0 Å². The molecule has 0 heterocycles. The van der Waals surface area contributed by atoms with Crippen LogP contribution in [0.15, 0.2) is 29.2 Å². The SMILES string of the molecule is Cc1cccc(S(=O)(=O)C2CCCCC2C#N)c1. The summed E-state index contributed by atoms with van der Waals surface area (Å²) in [6, 6.07) is 9.12. The van der Waals surface area contributed by atoms with Gasteiger partial charge in [0.1, 0.15) is 0 Å². The van der Waals surface area contributed by atoms with Gasteiger partial charge in [0.15, 0.2) is 9.84 Å². The highest BCUT2D eigenvalue weighted by atomic mass is 32.2. The fourth-order valence-electron chi connectivity index (χ4n) is 2.58. The first-order chi connectivity index (χ1) is 8.55. The van der Waals surface area contributed by atoms with Crippen molar-refractivity contribution >= 4 is 9.84 Å². The van der Waals surface area contributed by atoms with Crippen LogP contribution in [0, 0.1) is 24.2 Å². The molecule has 4 heteroatoms. The molecule has 96 valence electrons. The average Bonchev–Trinajstić information content (AvgIpc) is 2.38. The molecule has 1 aliphatic carbocycles. The van der Waals surface area contributed by atoms with Crippen LogP contribution in [-0.4, -0.2) is 13.7 Å². The van der Waals surface area contributed by atoms with Crippen molar-refractivity contribution in [2.45, 2.75) is 42.8 Å². The van der Waals surface area contributed by atoms with E-state index in [0.717, 1.165) is 18.4 Å². The van der Waals surface area contributed by atoms with Crippen molar-refractivity contribution in [1.82, 2.24) is 0 Å². The lowest BCUT2D eigenvalue weighted by Crippen LogP contribution is -2.32. The Morgan fingerprint density at radius 3 is 2.67 bits per heavy atom. The summed E-state index contributed by atoms with van der Waals surface area (Å²) < 4.78 is 25.1. The van der Waals surface area contributed by atoms with Crippen LogP contribution in [0.25, 0.3) is 0 Å². The molecule has 2 atom stereocenters. The van der Waals surface area contributed by atoms with Gasteiger partial charge in [0.25, 0.3) is 0 Å². The average molecular weight is 263 g/mol. The lowest BCUT2D eigenvalue weighted by molar-refractivity contribution is 0.418. The summed E-state index contributed by atoms with van der Waals surface area (Å²) in [7, 11) is -3.37. The van der Waals surface area contributed by atoms with Gasteiger partial charge in [-0.05, 0) is 37.5 Å². The van der Waals surface area contributed by atoms with Gasteiger partial charge in [0.05, 0.1) is 22.1 Å². The van der Waals surface area contributed by atoms with E-state index < -0.39 is 15.1 Å². The van der Waals surface area contributed by atoms with Crippen LogP contribution in [0.4, 0.5) is 0 Å². The molecule has 0 aromatic heterocycles. The standard InChI is InChI=1S/C14H17NO2S/c1-11-5-4-7-13(9-11)18(16,17)14-8-3-2-6-12(14)10-15/h4-5,7,9,12,14H,2-3,6,8H2,1H3. The zero-order chi connectivity index (χ0) is 13.2. The normalized spacial score (nSPS) is 24.4. The fraction of sp³-hybridized carbons (Fsp3) is 0.500. The van der Waals surface area contributed by atoms with Crippen molar-refractivity contribution in [3.8, 4) is 6.07 Å². The summed E-state index contributed by atoms with van der Waals surface area (Å²) in [5, 5.41) is 8.58. The lowest BCUT2D eigenvalue weighted by atomic mass is 9.90. The van der Waals surface area contributed by atoms with E-state index in [2.05, 4.69) is 6.07 Å². The smallest absolute Gasteiger partial charge is 0.182 e. The second kappa shape index (κ2) is 5.11. The van der Waals surface area contributed by atoms with E-state index >= 15 is 0 Å². The number of benzene rings is 1. The summed E-state index contributed by atoms with van der Waals surface area (Å²) in [5.41, 5.74) is 0.931. The summed E-state index contributed by atoms with van der Waals surface area (Å²) in [6.07, 6.45) is 3.16. The predicted octanol–water partition coefficient (Wildman–Crippen LogP) is 2.85. The van der Waals surface area contributed by atoms with Crippen LogP contribution in [0.3, 0.4) is 0 Å². The van der Waals surface area contributed by atoms with Gasteiger partial charge < -0.3 is 0 Å². The molecule has 2 rings (SSSR count). The maximum atomic E-state index is 12.6. The van der Waals surface area contributed by atoms with Crippen LogP contribution >= 0.6 is 0 Å². The Morgan fingerprint density at radius 1 is 1.28 bits per heavy atom. The number of sulfone groups is 1. The summed E-state index contributed by atoms with van der Waals surface area (Å²) in [6.45, 7) is 1.88. The molecule has 1 fully saturated rings. The quantitative estimate of drug-likeness (QED) is 0.824. The molecule has 0 bridgehead atoms. The first-order valence-electron chi connectivity index (χ1n) is 6.26.